The van der Waals surface area contributed by atoms with Gasteiger partial charge in [-0.15, -0.1) is 0 Å². The Hall–Kier alpha value is -2.37. The highest BCUT2D eigenvalue weighted by Gasteiger charge is 2.35. The van der Waals surface area contributed by atoms with Crippen LogP contribution in [0.25, 0.3) is 11.1 Å². The summed E-state index contributed by atoms with van der Waals surface area (Å²) in [6.45, 7) is 5.58. The Kier molecular flexibility index (Phi) is 4.42. The van der Waals surface area contributed by atoms with Gasteiger partial charge in [0.05, 0.1) is 25.0 Å². The molecule has 0 saturated carbocycles. The monoisotopic (exact) mass is 353 g/mol. The van der Waals surface area contributed by atoms with E-state index in [9.17, 15) is 4.79 Å². The van der Waals surface area contributed by atoms with Gasteiger partial charge in [0, 0.05) is 6.61 Å². The summed E-state index contributed by atoms with van der Waals surface area (Å²) in [4.78, 5) is 12.0. The molecular weight excluding hydrogens is 330 g/mol. The molecule has 2 aromatic carbocycles. The van der Waals surface area contributed by atoms with E-state index in [1.165, 1.54) is 0 Å². The molecule has 0 aliphatic carbocycles. The van der Waals surface area contributed by atoms with Crippen LogP contribution in [0.5, 0.6) is 5.75 Å². The zero-order chi connectivity index (χ0) is 18.1. The van der Waals surface area contributed by atoms with Crippen LogP contribution in [-0.4, -0.2) is 30.8 Å². The van der Waals surface area contributed by atoms with Gasteiger partial charge in [-0.25, -0.2) is 0 Å². The van der Waals surface area contributed by atoms with Gasteiger partial charge in [0.1, 0.15) is 5.75 Å². The molecular formula is C21H23NO4. The lowest BCUT2D eigenvalue weighted by molar-refractivity contribution is -0.129. The Balaban J connectivity index is 1.54. The van der Waals surface area contributed by atoms with E-state index >= 15 is 0 Å². The minimum absolute atomic E-state index is 0.132. The quantitative estimate of drug-likeness (QED) is 0.909. The van der Waals surface area contributed by atoms with E-state index in [4.69, 9.17) is 14.2 Å². The summed E-state index contributed by atoms with van der Waals surface area (Å²) in [5, 5.41) is 2.90. The third-order valence-electron chi connectivity index (χ3n) is 4.78. The highest BCUT2D eigenvalue weighted by atomic mass is 16.5. The Morgan fingerprint density at radius 1 is 1.19 bits per heavy atom. The molecule has 136 valence electrons. The Morgan fingerprint density at radius 2 is 2.04 bits per heavy atom. The van der Waals surface area contributed by atoms with Crippen LogP contribution in [-0.2, 0) is 20.9 Å². The van der Waals surface area contributed by atoms with Gasteiger partial charge < -0.3 is 19.5 Å². The van der Waals surface area contributed by atoms with Crippen molar-refractivity contribution in [2.24, 2.45) is 0 Å². The first-order valence-corrected chi connectivity index (χ1v) is 8.94. The number of fused-ring (bicyclic) bond motifs is 1. The highest BCUT2D eigenvalue weighted by Crippen LogP contribution is 2.37. The number of hydrogen-bond donors (Lipinski definition) is 1. The van der Waals surface area contributed by atoms with Crippen molar-refractivity contribution in [3.05, 3.63) is 48.0 Å². The number of hydrogen-bond acceptors (Lipinski definition) is 4. The fourth-order valence-corrected chi connectivity index (χ4v) is 3.18. The number of amides is 1. The first kappa shape index (κ1) is 17.1. The topological polar surface area (TPSA) is 56.8 Å². The van der Waals surface area contributed by atoms with E-state index in [0.29, 0.717) is 24.7 Å². The summed E-state index contributed by atoms with van der Waals surface area (Å²) in [7, 11) is 0. The number of benzene rings is 2. The van der Waals surface area contributed by atoms with Crippen molar-refractivity contribution in [2.45, 2.75) is 38.6 Å². The van der Waals surface area contributed by atoms with Gasteiger partial charge in [-0.05, 0) is 55.2 Å². The van der Waals surface area contributed by atoms with Crippen molar-refractivity contribution in [1.82, 2.24) is 0 Å². The fraction of sp³-hybridized carbons (Fsp3) is 0.381. The second-order valence-corrected chi connectivity index (χ2v) is 7.27. The standard InChI is InChI=1S/C21H23NO4/c1-21(2)20(23)22-18-7-6-16(11-19(18)26-21)15-5-3-4-14(10-15)12-25-17-8-9-24-13-17/h3-7,10-11,17H,8-9,12-13H2,1-2H3,(H,22,23). The number of carbonyl (C=O) groups excluding carboxylic acids is 1. The van der Waals surface area contributed by atoms with Crippen LogP contribution in [0.3, 0.4) is 0 Å². The maximum atomic E-state index is 12.0. The van der Waals surface area contributed by atoms with Crippen LogP contribution in [0.2, 0.25) is 0 Å². The summed E-state index contributed by atoms with van der Waals surface area (Å²) in [5.74, 6) is 0.560. The van der Waals surface area contributed by atoms with Crippen molar-refractivity contribution in [1.29, 1.82) is 0 Å². The van der Waals surface area contributed by atoms with Gasteiger partial charge in [-0.2, -0.15) is 0 Å². The average molecular weight is 353 g/mol. The number of ether oxygens (including phenoxy) is 3. The van der Waals surface area contributed by atoms with Crippen LogP contribution >= 0.6 is 0 Å². The predicted molar refractivity (Wildman–Crippen MR) is 99.2 cm³/mol. The van der Waals surface area contributed by atoms with E-state index in [-0.39, 0.29) is 12.0 Å². The second-order valence-electron chi connectivity index (χ2n) is 7.27. The molecule has 0 radical (unpaired) electrons. The van der Waals surface area contributed by atoms with Gasteiger partial charge in [0.2, 0.25) is 0 Å². The summed E-state index contributed by atoms with van der Waals surface area (Å²) >= 11 is 0. The summed E-state index contributed by atoms with van der Waals surface area (Å²) < 4.78 is 17.1. The summed E-state index contributed by atoms with van der Waals surface area (Å²) in [5.41, 5.74) is 3.10. The largest absolute Gasteiger partial charge is 0.476 e. The number of nitrogens with one attached hydrogen (secondary N) is 1. The van der Waals surface area contributed by atoms with Gasteiger partial charge in [-0.1, -0.05) is 24.3 Å². The Bertz CT molecular complexity index is 825. The summed E-state index contributed by atoms with van der Waals surface area (Å²) in [6, 6.07) is 14.1. The normalized spacial score (nSPS) is 21.0. The Morgan fingerprint density at radius 3 is 2.85 bits per heavy atom. The lowest BCUT2D eigenvalue weighted by Gasteiger charge is -2.31. The highest BCUT2D eigenvalue weighted by molar-refractivity contribution is 6.00. The second kappa shape index (κ2) is 6.74. The van der Waals surface area contributed by atoms with E-state index in [1.807, 2.05) is 24.3 Å². The molecule has 2 aliphatic rings. The van der Waals surface area contributed by atoms with Crippen LogP contribution in [0, 0.1) is 0 Å². The van der Waals surface area contributed by atoms with E-state index in [2.05, 4.69) is 23.5 Å². The van der Waals surface area contributed by atoms with E-state index in [0.717, 1.165) is 29.7 Å². The minimum atomic E-state index is -0.870. The van der Waals surface area contributed by atoms with Crippen molar-refractivity contribution in [2.75, 3.05) is 18.5 Å². The molecule has 5 nitrogen and oxygen atoms in total. The molecule has 2 aliphatic heterocycles. The number of anilines is 1. The molecule has 26 heavy (non-hydrogen) atoms. The molecule has 0 aromatic heterocycles. The molecule has 0 spiro atoms. The average Bonchev–Trinajstić information content (AvgIpc) is 3.14. The van der Waals surface area contributed by atoms with Crippen LogP contribution in [0.15, 0.2) is 42.5 Å². The van der Waals surface area contributed by atoms with Crippen molar-refractivity contribution in [3.63, 3.8) is 0 Å². The van der Waals surface area contributed by atoms with Crippen LogP contribution in [0.1, 0.15) is 25.8 Å². The molecule has 1 saturated heterocycles. The lowest BCUT2D eigenvalue weighted by atomic mass is 10.0. The molecule has 1 N–H and O–H groups in total. The van der Waals surface area contributed by atoms with Crippen molar-refractivity contribution < 1.29 is 19.0 Å². The molecule has 1 atom stereocenters. The van der Waals surface area contributed by atoms with Crippen molar-refractivity contribution in [3.8, 4) is 16.9 Å². The minimum Gasteiger partial charge on any atom is -0.476 e. The van der Waals surface area contributed by atoms with Gasteiger partial charge in [0.15, 0.2) is 5.60 Å². The third kappa shape index (κ3) is 3.45. The third-order valence-corrected chi connectivity index (χ3v) is 4.78. The summed E-state index contributed by atoms with van der Waals surface area (Å²) in [6.07, 6.45) is 1.16. The maximum Gasteiger partial charge on any atom is 0.268 e. The molecule has 1 fully saturated rings. The Labute approximate surface area is 153 Å². The lowest BCUT2D eigenvalue weighted by Crippen LogP contribution is -2.45. The molecule has 2 aromatic rings. The zero-order valence-corrected chi connectivity index (χ0v) is 15.1. The van der Waals surface area contributed by atoms with Gasteiger partial charge >= 0.3 is 0 Å². The molecule has 2 heterocycles. The zero-order valence-electron chi connectivity index (χ0n) is 15.1. The molecule has 4 rings (SSSR count). The molecule has 0 bridgehead atoms. The van der Waals surface area contributed by atoms with Gasteiger partial charge in [0.25, 0.3) is 5.91 Å². The maximum absolute atomic E-state index is 12.0. The van der Waals surface area contributed by atoms with Gasteiger partial charge in [-0.3, -0.25) is 4.79 Å². The first-order valence-electron chi connectivity index (χ1n) is 8.94. The number of rotatable bonds is 4. The van der Waals surface area contributed by atoms with E-state index < -0.39 is 5.60 Å². The molecule has 1 amide bonds. The number of carbonyl (C=O) groups is 1. The SMILES string of the molecule is CC1(C)Oc2cc(-c3cccc(COC4CCOC4)c3)ccc2NC1=O. The smallest absolute Gasteiger partial charge is 0.268 e. The first-order chi connectivity index (χ1) is 12.5. The molecule has 5 heteroatoms. The van der Waals surface area contributed by atoms with Crippen LogP contribution < -0.4 is 10.1 Å². The fourth-order valence-electron chi connectivity index (χ4n) is 3.18. The molecule has 1 unspecified atom stereocenters. The predicted octanol–water partition coefficient (Wildman–Crippen LogP) is 3.77. The van der Waals surface area contributed by atoms with Crippen molar-refractivity contribution >= 4 is 11.6 Å². The van der Waals surface area contributed by atoms with E-state index in [1.54, 1.807) is 13.8 Å². The van der Waals surface area contributed by atoms with Crippen LogP contribution in [0.4, 0.5) is 5.69 Å².